The first-order valence-electron chi connectivity index (χ1n) is 4.06. The maximum Gasteiger partial charge on any atom is 0.308 e. The van der Waals surface area contributed by atoms with Crippen LogP contribution < -0.4 is 0 Å². The third-order valence-corrected chi connectivity index (χ3v) is 4.51. The van der Waals surface area contributed by atoms with Crippen LogP contribution in [0.5, 0.6) is 0 Å². The zero-order valence-electron chi connectivity index (χ0n) is 7.44. The van der Waals surface area contributed by atoms with E-state index in [1.165, 1.54) is 11.3 Å². The first-order valence-corrected chi connectivity index (χ1v) is 6.55. The number of aliphatic carboxylic acids is 1. The second-order valence-electron chi connectivity index (χ2n) is 2.83. The lowest BCUT2D eigenvalue weighted by Gasteiger charge is -1.87. The SMILES string of the molecule is O=C(O)Cc1cnc(-c2cc(Br)cs2)s1. The molecule has 0 atom stereocenters. The van der Waals surface area contributed by atoms with Crippen molar-refractivity contribution in [1.82, 2.24) is 4.98 Å². The number of aromatic nitrogens is 1. The lowest BCUT2D eigenvalue weighted by Crippen LogP contribution is -1.97. The molecule has 0 amide bonds. The highest BCUT2D eigenvalue weighted by molar-refractivity contribution is 9.10. The number of carbonyl (C=O) groups is 1. The third kappa shape index (κ3) is 2.64. The highest BCUT2D eigenvalue weighted by Crippen LogP contribution is 2.32. The second-order valence-corrected chi connectivity index (χ2v) is 5.77. The largest absolute Gasteiger partial charge is 0.481 e. The summed E-state index contributed by atoms with van der Waals surface area (Å²) in [5.41, 5.74) is 0. The van der Waals surface area contributed by atoms with Crippen LogP contribution in [0.4, 0.5) is 0 Å². The molecule has 0 saturated carbocycles. The summed E-state index contributed by atoms with van der Waals surface area (Å²) in [5, 5.41) is 11.5. The molecule has 0 aromatic carbocycles. The van der Waals surface area contributed by atoms with E-state index in [1.54, 1.807) is 17.5 Å². The molecule has 0 spiro atoms. The Morgan fingerprint density at radius 1 is 1.60 bits per heavy atom. The molecule has 0 bridgehead atoms. The molecule has 2 aromatic heterocycles. The van der Waals surface area contributed by atoms with E-state index in [0.29, 0.717) is 0 Å². The highest BCUT2D eigenvalue weighted by Gasteiger charge is 2.09. The van der Waals surface area contributed by atoms with Gasteiger partial charge in [-0.3, -0.25) is 4.79 Å². The molecule has 3 nitrogen and oxygen atoms in total. The van der Waals surface area contributed by atoms with Crippen LogP contribution in [0.3, 0.4) is 0 Å². The van der Waals surface area contributed by atoms with Crippen molar-refractivity contribution >= 4 is 44.6 Å². The first-order chi connectivity index (χ1) is 7.15. The molecule has 78 valence electrons. The average Bonchev–Trinajstić information content (AvgIpc) is 2.72. The Morgan fingerprint density at radius 2 is 2.40 bits per heavy atom. The molecule has 0 fully saturated rings. The van der Waals surface area contributed by atoms with Gasteiger partial charge in [0.1, 0.15) is 5.01 Å². The van der Waals surface area contributed by atoms with Gasteiger partial charge < -0.3 is 5.11 Å². The van der Waals surface area contributed by atoms with Crippen LogP contribution in [0, 0.1) is 0 Å². The molecule has 0 aliphatic rings. The van der Waals surface area contributed by atoms with Crippen molar-refractivity contribution in [2.75, 3.05) is 0 Å². The molecular formula is C9H6BrNO2S2. The average molecular weight is 304 g/mol. The number of carboxylic acid groups (broad SMARTS) is 1. The number of thiazole rings is 1. The van der Waals surface area contributed by atoms with Crippen LogP contribution in [-0.2, 0) is 11.2 Å². The smallest absolute Gasteiger partial charge is 0.308 e. The molecule has 2 rings (SSSR count). The summed E-state index contributed by atoms with van der Waals surface area (Å²) < 4.78 is 1.03. The minimum atomic E-state index is -0.822. The summed E-state index contributed by atoms with van der Waals surface area (Å²) in [6.45, 7) is 0. The van der Waals surface area contributed by atoms with Gasteiger partial charge in [-0.2, -0.15) is 0 Å². The summed E-state index contributed by atoms with van der Waals surface area (Å²) in [5.74, 6) is -0.822. The minimum absolute atomic E-state index is 0.0458. The van der Waals surface area contributed by atoms with Crippen LogP contribution in [0.25, 0.3) is 9.88 Å². The maximum absolute atomic E-state index is 10.5. The van der Waals surface area contributed by atoms with E-state index in [0.717, 1.165) is 19.2 Å². The molecule has 2 aromatic rings. The Labute approximate surface area is 103 Å². The Hall–Kier alpha value is -0.720. The lowest BCUT2D eigenvalue weighted by atomic mass is 10.4. The first kappa shape index (κ1) is 10.8. The Bertz CT molecular complexity index is 492. The van der Waals surface area contributed by atoms with Gasteiger partial charge in [-0.25, -0.2) is 4.98 Å². The van der Waals surface area contributed by atoms with Gasteiger partial charge in [-0.15, -0.1) is 22.7 Å². The molecular weight excluding hydrogens is 298 g/mol. The fraction of sp³-hybridized carbons (Fsp3) is 0.111. The van der Waals surface area contributed by atoms with Gasteiger partial charge in [0.2, 0.25) is 0 Å². The molecule has 0 aliphatic carbocycles. The predicted molar refractivity (Wildman–Crippen MR) is 64.5 cm³/mol. The number of thiophene rings is 1. The fourth-order valence-electron chi connectivity index (χ4n) is 1.08. The van der Waals surface area contributed by atoms with Crippen LogP contribution in [-0.4, -0.2) is 16.1 Å². The Kier molecular flexibility index (Phi) is 3.18. The van der Waals surface area contributed by atoms with E-state index in [1.807, 2.05) is 11.4 Å². The third-order valence-electron chi connectivity index (χ3n) is 1.66. The van der Waals surface area contributed by atoms with Crippen LogP contribution >= 0.6 is 38.6 Å². The predicted octanol–water partition coefficient (Wildman–Crippen LogP) is 3.26. The summed E-state index contributed by atoms with van der Waals surface area (Å²) in [6, 6.07) is 1.98. The molecule has 0 aliphatic heterocycles. The van der Waals surface area contributed by atoms with E-state index in [4.69, 9.17) is 5.11 Å². The molecule has 15 heavy (non-hydrogen) atoms. The van der Waals surface area contributed by atoms with Crippen LogP contribution in [0.2, 0.25) is 0 Å². The summed E-state index contributed by atoms with van der Waals surface area (Å²) in [7, 11) is 0. The monoisotopic (exact) mass is 303 g/mol. The van der Waals surface area contributed by atoms with Crippen molar-refractivity contribution in [3.63, 3.8) is 0 Å². The summed E-state index contributed by atoms with van der Waals surface area (Å²) in [6.07, 6.45) is 1.67. The Balaban J connectivity index is 2.23. The number of nitrogens with zero attached hydrogens (tertiary/aromatic N) is 1. The van der Waals surface area contributed by atoms with Crippen LogP contribution in [0.15, 0.2) is 22.1 Å². The Morgan fingerprint density at radius 3 is 3.00 bits per heavy atom. The van der Waals surface area contributed by atoms with Crippen molar-refractivity contribution in [3.05, 3.63) is 27.0 Å². The van der Waals surface area contributed by atoms with Gasteiger partial charge >= 0.3 is 5.97 Å². The lowest BCUT2D eigenvalue weighted by molar-refractivity contribution is -0.136. The topological polar surface area (TPSA) is 50.2 Å². The van der Waals surface area contributed by atoms with Crippen molar-refractivity contribution in [3.8, 4) is 9.88 Å². The normalized spacial score (nSPS) is 10.5. The molecule has 6 heteroatoms. The zero-order chi connectivity index (χ0) is 10.8. The standard InChI is InChI=1S/C9H6BrNO2S2/c10-5-1-7(14-4-5)9-11-3-6(15-9)2-8(12)13/h1,3-4H,2H2,(H,12,13). The molecule has 2 heterocycles. The molecule has 0 unspecified atom stereocenters. The van der Waals surface area contributed by atoms with Crippen molar-refractivity contribution in [1.29, 1.82) is 0 Å². The number of carboxylic acids is 1. The summed E-state index contributed by atoms with van der Waals surface area (Å²) >= 11 is 6.38. The van der Waals surface area contributed by atoms with Crippen LogP contribution in [0.1, 0.15) is 4.88 Å². The summed E-state index contributed by atoms with van der Waals surface area (Å²) in [4.78, 5) is 16.5. The van der Waals surface area contributed by atoms with Crippen molar-refractivity contribution < 1.29 is 9.90 Å². The van der Waals surface area contributed by atoms with Gasteiger partial charge in [0, 0.05) is 20.9 Å². The van der Waals surface area contributed by atoms with E-state index in [2.05, 4.69) is 20.9 Å². The van der Waals surface area contributed by atoms with E-state index in [9.17, 15) is 4.79 Å². The van der Waals surface area contributed by atoms with Gasteiger partial charge in [0.15, 0.2) is 0 Å². The van der Waals surface area contributed by atoms with E-state index >= 15 is 0 Å². The van der Waals surface area contributed by atoms with E-state index in [-0.39, 0.29) is 6.42 Å². The number of halogens is 1. The fourth-order valence-corrected chi connectivity index (χ4v) is 3.48. The minimum Gasteiger partial charge on any atom is -0.481 e. The van der Waals surface area contributed by atoms with Crippen molar-refractivity contribution in [2.24, 2.45) is 0 Å². The number of hydrogen-bond acceptors (Lipinski definition) is 4. The highest BCUT2D eigenvalue weighted by atomic mass is 79.9. The van der Waals surface area contributed by atoms with Gasteiger partial charge in [0.05, 0.1) is 11.3 Å². The molecule has 0 saturated heterocycles. The van der Waals surface area contributed by atoms with Gasteiger partial charge in [0.25, 0.3) is 0 Å². The molecule has 0 radical (unpaired) electrons. The van der Waals surface area contributed by atoms with E-state index < -0.39 is 5.97 Å². The number of rotatable bonds is 3. The number of hydrogen-bond donors (Lipinski definition) is 1. The quantitative estimate of drug-likeness (QED) is 0.947. The van der Waals surface area contributed by atoms with Gasteiger partial charge in [-0.05, 0) is 22.0 Å². The molecule has 1 N–H and O–H groups in total. The van der Waals surface area contributed by atoms with Gasteiger partial charge in [-0.1, -0.05) is 0 Å². The maximum atomic E-state index is 10.5. The second kappa shape index (κ2) is 4.42. The van der Waals surface area contributed by atoms with Crippen molar-refractivity contribution in [2.45, 2.75) is 6.42 Å². The zero-order valence-corrected chi connectivity index (χ0v) is 10.7.